The first-order valence-electron chi connectivity index (χ1n) is 8.91. The van der Waals surface area contributed by atoms with Gasteiger partial charge in [0.2, 0.25) is 0 Å². The van der Waals surface area contributed by atoms with Gasteiger partial charge < -0.3 is 4.90 Å². The van der Waals surface area contributed by atoms with E-state index in [1.165, 1.54) is 22.3 Å². The first-order chi connectivity index (χ1) is 11.8. The number of rotatable bonds is 5. The van der Waals surface area contributed by atoms with E-state index in [1.807, 2.05) is 0 Å². The average Bonchev–Trinajstić information content (AvgIpc) is 2.64. The van der Waals surface area contributed by atoms with Crippen molar-refractivity contribution >= 4 is 17.2 Å². The molecule has 2 aromatic carbocycles. The molecule has 126 valence electrons. The molecule has 1 fully saturated rings. The molecular weight excluding hydrogens is 314 g/mol. The molecule has 1 aliphatic heterocycles. The third-order valence-corrected chi connectivity index (χ3v) is 5.09. The second kappa shape index (κ2) is 8.50. The van der Waals surface area contributed by atoms with Crippen molar-refractivity contribution in [3.8, 4) is 0 Å². The summed E-state index contributed by atoms with van der Waals surface area (Å²) >= 11 is 5.84. The van der Waals surface area contributed by atoms with Gasteiger partial charge in [0.25, 0.3) is 0 Å². The van der Waals surface area contributed by atoms with E-state index in [1.54, 1.807) is 5.57 Å². The largest absolute Gasteiger partial charge is 0.303 e. The van der Waals surface area contributed by atoms with Gasteiger partial charge in [-0.15, -0.1) is 11.6 Å². The van der Waals surface area contributed by atoms with Gasteiger partial charge in [0, 0.05) is 19.0 Å². The van der Waals surface area contributed by atoms with Crippen LogP contribution in [-0.2, 0) is 0 Å². The smallest absolute Gasteiger partial charge is 0.0235 e. The zero-order valence-corrected chi connectivity index (χ0v) is 15.2. The first kappa shape index (κ1) is 17.3. The van der Waals surface area contributed by atoms with Gasteiger partial charge >= 0.3 is 0 Å². The molecule has 0 spiro atoms. The SMILES string of the molecule is Cc1ccc(C(=C2CCN(CCCCl)CC2)c2ccccc2)cc1. The lowest BCUT2D eigenvalue weighted by Gasteiger charge is -2.30. The van der Waals surface area contributed by atoms with Crippen molar-refractivity contribution in [1.29, 1.82) is 0 Å². The molecule has 0 saturated carbocycles. The van der Waals surface area contributed by atoms with E-state index in [2.05, 4.69) is 66.4 Å². The summed E-state index contributed by atoms with van der Waals surface area (Å²) in [6, 6.07) is 19.8. The van der Waals surface area contributed by atoms with Crippen LogP contribution >= 0.6 is 11.6 Å². The van der Waals surface area contributed by atoms with Crippen LogP contribution in [0.2, 0.25) is 0 Å². The number of halogens is 1. The second-order valence-electron chi connectivity index (χ2n) is 6.59. The molecule has 0 unspecified atom stereocenters. The van der Waals surface area contributed by atoms with Gasteiger partial charge in [0.15, 0.2) is 0 Å². The number of nitrogens with zero attached hydrogens (tertiary/aromatic N) is 1. The van der Waals surface area contributed by atoms with E-state index < -0.39 is 0 Å². The fraction of sp³-hybridized carbons (Fsp3) is 0.364. The summed E-state index contributed by atoms with van der Waals surface area (Å²) in [5, 5.41) is 0. The second-order valence-corrected chi connectivity index (χ2v) is 6.97. The minimum Gasteiger partial charge on any atom is -0.303 e. The van der Waals surface area contributed by atoms with Gasteiger partial charge in [-0.1, -0.05) is 65.7 Å². The summed E-state index contributed by atoms with van der Waals surface area (Å²) in [7, 11) is 0. The van der Waals surface area contributed by atoms with Crippen molar-refractivity contribution in [3.05, 3.63) is 76.9 Å². The van der Waals surface area contributed by atoms with E-state index in [4.69, 9.17) is 11.6 Å². The molecule has 2 heteroatoms. The van der Waals surface area contributed by atoms with Crippen LogP contribution in [0.25, 0.3) is 5.57 Å². The summed E-state index contributed by atoms with van der Waals surface area (Å²) in [5.74, 6) is 0.762. The lowest BCUT2D eigenvalue weighted by Crippen LogP contribution is -2.32. The Kier molecular flexibility index (Phi) is 6.12. The Labute approximate surface area is 151 Å². The van der Waals surface area contributed by atoms with Crippen LogP contribution in [0.4, 0.5) is 0 Å². The quantitative estimate of drug-likeness (QED) is 0.648. The maximum Gasteiger partial charge on any atom is 0.0235 e. The molecule has 24 heavy (non-hydrogen) atoms. The molecule has 2 aromatic rings. The zero-order chi connectivity index (χ0) is 16.8. The highest BCUT2D eigenvalue weighted by Gasteiger charge is 2.18. The van der Waals surface area contributed by atoms with Crippen LogP contribution in [0.3, 0.4) is 0 Å². The molecule has 1 aliphatic rings. The number of hydrogen-bond donors (Lipinski definition) is 0. The maximum atomic E-state index is 5.84. The van der Waals surface area contributed by atoms with E-state index >= 15 is 0 Å². The Bertz CT molecular complexity index is 663. The number of alkyl halides is 1. The highest BCUT2D eigenvalue weighted by molar-refractivity contribution is 6.17. The van der Waals surface area contributed by atoms with E-state index in [9.17, 15) is 0 Å². The normalized spacial score (nSPS) is 15.5. The Morgan fingerprint density at radius 2 is 1.54 bits per heavy atom. The molecule has 0 amide bonds. The maximum absolute atomic E-state index is 5.84. The van der Waals surface area contributed by atoms with Gasteiger partial charge in [-0.25, -0.2) is 0 Å². The summed E-state index contributed by atoms with van der Waals surface area (Å²) in [6.07, 6.45) is 3.39. The van der Waals surface area contributed by atoms with E-state index in [0.29, 0.717) is 0 Å². The number of piperidine rings is 1. The van der Waals surface area contributed by atoms with Crippen molar-refractivity contribution in [2.75, 3.05) is 25.5 Å². The predicted octanol–water partition coefficient (Wildman–Crippen LogP) is 5.52. The summed E-state index contributed by atoms with van der Waals surface area (Å²) in [4.78, 5) is 2.55. The van der Waals surface area contributed by atoms with Crippen LogP contribution in [0, 0.1) is 6.92 Å². The third-order valence-electron chi connectivity index (χ3n) is 4.82. The summed E-state index contributed by atoms with van der Waals surface area (Å²) in [6.45, 7) is 5.57. The highest BCUT2D eigenvalue weighted by Crippen LogP contribution is 2.32. The molecule has 0 aliphatic carbocycles. The van der Waals surface area contributed by atoms with E-state index in [0.717, 1.165) is 44.8 Å². The molecule has 1 heterocycles. The van der Waals surface area contributed by atoms with E-state index in [-0.39, 0.29) is 0 Å². The average molecular weight is 340 g/mol. The Morgan fingerprint density at radius 3 is 2.17 bits per heavy atom. The Morgan fingerprint density at radius 1 is 0.917 bits per heavy atom. The Balaban J connectivity index is 1.89. The van der Waals surface area contributed by atoms with Crippen molar-refractivity contribution in [2.24, 2.45) is 0 Å². The Hall–Kier alpha value is -1.57. The molecule has 1 saturated heterocycles. The van der Waals surface area contributed by atoms with Gasteiger partial charge in [-0.05, 0) is 49.4 Å². The zero-order valence-electron chi connectivity index (χ0n) is 14.5. The van der Waals surface area contributed by atoms with Gasteiger partial charge in [0.05, 0.1) is 0 Å². The predicted molar refractivity (Wildman–Crippen MR) is 105 cm³/mol. The lowest BCUT2D eigenvalue weighted by molar-refractivity contribution is 0.258. The molecular formula is C22H26ClN. The van der Waals surface area contributed by atoms with Gasteiger partial charge in [-0.3, -0.25) is 0 Å². The van der Waals surface area contributed by atoms with Crippen molar-refractivity contribution in [1.82, 2.24) is 4.90 Å². The lowest BCUT2D eigenvalue weighted by atomic mass is 9.88. The standard InChI is InChI=1S/C22H26ClN/c1-18-8-10-20(11-9-18)22(19-6-3-2-4-7-19)21-12-16-24(17-13-21)15-5-14-23/h2-4,6-11H,5,12-17H2,1H3. The van der Waals surface area contributed by atoms with Crippen molar-refractivity contribution in [3.63, 3.8) is 0 Å². The summed E-state index contributed by atoms with van der Waals surface area (Å²) < 4.78 is 0. The van der Waals surface area contributed by atoms with Crippen LogP contribution in [0.5, 0.6) is 0 Å². The number of aryl methyl sites for hydroxylation is 1. The first-order valence-corrected chi connectivity index (χ1v) is 9.44. The molecule has 0 N–H and O–H groups in total. The van der Waals surface area contributed by atoms with Crippen LogP contribution < -0.4 is 0 Å². The number of benzene rings is 2. The molecule has 3 rings (SSSR count). The minimum absolute atomic E-state index is 0.762. The summed E-state index contributed by atoms with van der Waals surface area (Å²) in [5.41, 5.74) is 7.02. The van der Waals surface area contributed by atoms with Crippen molar-refractivity contribution in [2.45, 2.75) is 26.2 Å². The fourth-order valence-corrected chi connectivity index (χ4v) is 3.60. The molecule has 0 radical (unpaired) electrons. The van der Waals surface area contributed by atoms with Crippen molar-refractivity contribution < 1.29 is 0 Å². The topological polar surface area (TPSA) is 3.24 Å². The molecule has 1 nitrogen and oxygen atoms in total. The third kappa shape index (κ3) is 4.28. The molecule has 0 aromatic heterocycles. The number of hydrogen-bond acceptors (Lipinski definition) is 1. The fourth-order valence-electron chi connectivity index (χ4n) is 3.48. The molecule has 0 bridgehead atoms. The van der Waals surface area contributed by atoms with Gasteiger partial charge in [-0.2, -0.15) is 0 Å². The van der Waals surface area contributed by atoms with Gasteiger partial charge in [0.1, 0.15) is 0 Å². The molecule has 0 atom stereocenters. The van der Waals surface area contributed by atoms with Crippen LogP contribution in [-0.4, -0.2) is 30.4 Å². The van der Waals surface area contributed by atoms with Crippen LogP contribution in [0.1, 0.15) is 36.0 Å². The minimum atomic E-state index is 0.762. The van der Waals surface area contributed by atoms with Crippen LogP contribution in [0.15, 0.2) is 60.2 Å². The highest BCUT2D eigenvalue weighted by atomic mass is 35.5. The monoisotopic (exact) mass is 339 g/mol. The number of likely N-dealkylation sites (tertiary alicyclic amines) is 1.